The third-order valence-corrected chi connectivity index (χ3v) is 6.97. The number of aromatic nitrogens is 2. The Hall–Kier alpha value is -3.56. The van der Waals surface area contributed by atoms with Crippen LogP contribution in [0.15, 0.2) is 77.0 Å². The molecule has 3 heterocycles. The van der Waals surface area contributed by atoms with Crippen LogP contribution in [0.4, 0.5) is 5.13 Å². The Kier molecular flexibility index (Phi) is 5.89. The number of amides is 1. The molecular formula is C25H18BrN3O4S. The lowest BCUT2D eigenvalue weighted by molar-refractivity contribution is -0.132. The number of aliphatic hydroxyl groups is 1. The largest absolute Gasteiger partial charge is 0.507 e. The first kappa shape index (κ1) is 22.2. The highest BCUT2D eigenvalue weighted by Gasteiger charge is 2.48. The van der Waals surface area contributed by atoms with Crippen LogP contribution in [0.5, 0.6) is 5.75 Å². The topological polar surface area (TPSA) is 92.6 Å². The summed E-state index contributed by atoms with van der Waals surface area (Å²) in [6.07, 6.45) is 3.19. The van der Waals surface area contributed by atoms with Crippen molar-refractivity contribution in [2.24, 2.45) is 0 Å². The van der Waals surface area contributed by atoms with Gasteiger partial charge in [-0.2, -0.15) is 0 Å². The van der Waals surface area contributed by atoms with Crippen molar-refractivity contribution in [1.29, 1.82) is 0 Å². The Morgan fingerprint density at radius 3 is 2.68 bits per heavy atom. The second kappa shape index (κ2) is 9.00. The number of ketones is 1. The molecule has 0 bridgehead atoms. The number of fused-ring (bicyclic) bond motifs is 1. The maximum absolute atomic E-state index is 13.3. The number of Topliss-reactive ketones (excluding diaryl/α,β-unsaturated/α-hetero) is 1. The molecule has 5 rings (SSSR count). The predicted molar refractivity (Wildman–Crippen MR) is 134 cm³/mol. The average Bonchev–Trinajstić information content (AvgIpc) is 3.38. The third kappa shape index (κ3) is 3.86. The summed E-state index contributed by atoms with van der Waals surface area (Å²) in [6, 6.07) is 15.0. The Morgan fingerprint density at radius 2 is 1.97 bits per heavy atom. The molecule has 9 heteroatoms. The summed E-state index contributed by atoms with van der Waals surface area (Å²) in [5.41, 5.74) is 1.70. The lowest BCUT2D eigenvalue weighted by Crippen LogP contribution is -2.29. The molecule has 1 aliphatic heterocycles. The Bertz CT molecular complexity index is 1430. The summed E-state index contributed by atoms with van der Waals surface area (Å²) >= 11 is 4.65. The van der Waals surface area contributed by atoms with Gasteiger partial charge in [0.1, 0.15) is 11.5 Å². The van der Waals surface area contributed by atoms with E-state index in [0.29, 0.717) is 34.1 Å². The molecule has 0 aliphatic carbocycles. The van der Waals surface area contributed by atoms with Crippen molar-refractivity contribution >= 4 is 60.1 Å². The van der Waals surface area contributed by atoms with E-state index in [9.17, 15) is 14.7 Å². The van der Waals surface area contributed by atoms with E-state index in [1.54, 1.807) is 48.8 Å². The van der Waals surface area contributed by atoms with Crippen LogP contribution in [0.1, 0.15) is 24.1 Å². The molecule has 7 nitrogen and oxygen atoms in total. The molecule has 1 N–H and O–H groups in total. The number of thiazole rings is 1. The molecule has 2 aromatic heterocycles. The minimum atomic E-state index is -0.871. The van der Waals surface area contributed by atoms with Gasteiger partial charge in [0, 0.05) is 22.4 Å². The highest BCUT2D eigenvalue weighted by atomic mass is 79.9. The zero-order chi connectivity index (χ0) is 23.8. The summed E-state index contributed by atoms with van der Waals surface area (Å²) in [7, 11) is 0. The number of ether oxygens (including phenoxy) is 1. The first-order valence-corrected chi connectivity index (χ1v) is 12.1. The minimum Gasteiger partial charge on any atom is -0.507 e. The number of nitrogens with zero attached hydrogens (tertiary/aromatic N) is 3. The van der Waals surface area contributed by atoms with Gasteiger partial charge in [-0.25, -0.2) is 4.98 Å². The second-order valence-electron chi connectivity index (χ2n) is 7.52. The van der Waals surface area contributed by atoms with Gasteiger partial charge in [0.15, 0.2) is 5.13 Å². The smallest absolute Gasteiger partial charge is 0.301 e. The van der Waals surface area contributed by atoms with Gasteiger partial charge in [-0.05, 0) is 48.9 Å². The molecule has 34 heavy (non-hydrogen) atoms. The van der Waals surface area contributed by atoms with Crippen LogP contribution in [0.25, 0.3) is 16.0 Å². The van der Waals surface area contributed by atoms with Gasteiger partial charge in [-0.3, -0.25) is 19.5 Å². The van der Waals surface area contributed by atoms with Crippen LogP contribution in [0.2, 0.25) is 0 Å². The third-order valence-electron chi connectivity index (χ3n) is 5.43. The number of benzene rings is 2. The van der Waals surface area contributed by atoms with Crippen LogP contribution in [0, 0.1) is 0 Å². The van der Waals surface area contributed by atoms with E-state index in [2.05, 4.69) is 25.9 Å². The molecule has 170 valence electrons. The Morgan fingerprint density at radius 1 is 1.18 bits per heavy atom. The predicted octanol–water partition coefficient (Wildman–Crippen LogP) is 5.48. The van der Waals surface area contributed by atoms with Gasteiger partial charge in [-0.15, -0.1) is 0 Å². The molecule has 1 amide bonds. The van der Waals surface area contributed by atoms with Crippen molar-refractivity contribution < 1.29 is 19.4 Å². The molecule has 0 spiro atoms. The molecule has 0 saturated carbocycles. The van der Waals surface area contributed by atoms with Crippen molar-refractivity contribution in [3.63, 3.8) is 0 Å². The summed E-state index contributed by atoms with van der Waals surface area (Å²) < 4.78 is 7.22. The minimum absolute atomic E-state index is 0.00501. The molecule has 1 saturated heterocycles. The van der Waals surface area contributed by atoms with Crippen molar-refractivity contribution in [3.8, 4) is 5.75 Å². The van der Waals surface area contributed by atoms with E-state index in [1.807, 2.05) is 25.1 Å². The normalized spacial score (nSPS) is 17.5. The van der Waals surface area contributed by atoms with Crippen LogP contribution in [-0.2, 0) is 9.59 Å². The number of pyridine rings is 1. The summed E-state index contributed by atoms with van der Waals surface area (Å²) in [5, 5.41) is 11.5. The van der Waals surface area contributed by atoms with Gasteiger partial charge < -0.3 is 9.84 Å². The fourth-order valence-corrected chi connectivity index (χ4v) is 5.18. The van der Waals surface area contributed by atoms with E-state index < -0.39 is 17.7 Å². The summed E-state index contributed by atoms with van der Waals surface area (Å²) in [4.78, 5) is 36.6. The number of carbonyl (C=O) groups excluding carboxylic acids is 2. The van der Waals surface area contributed by atoms with Crippen molar-refractivity contribution in [1.82, 2.24) is 9.97 Å². The molecule has 4 aromatic rings. The summed E-state index contributed by atoms with van der Waals surface area (Å²) in [6.45, 7) is 2.43. The molecule has 0 radical (unpaired) electrons. The summed E-state index contributed by atoms with van der Waals surface area (Å²) in [5.74, 6) is -1.08. The Labute approximate surface area is 207 Å². The number of halogens is 1. The maximum atomic E-state index is 13.3. The zero-order valence-electron chi connectivity index (χ0n) is 17.9. The number of aliphatic hydroxyl groups excluding tert-OH is 1. The SMILES string of the molecule is CCOc1ccc2nc(N3C(=O)C(=O)/C(=C(/O)c4ccc(Br)cc4)C3c3cccnc3)sc2c1. The van der Waals surface area contributed by atoms with Crippen molar-refractivity contribution in [2.45, 2.75) is 13.0 Å². The van der Waals surface area contributed by atoms with Crippen LogP contribution < -0.4 is 9.64 Å². The van der Waals surface area contributed by atoms with E-state index in [-0.39, 0.29) is 11.3 Å². The van der Waals surface area contributed by atoms with Crippen molar-refractivity contribution in [2.75, 3.05) is 11.5 Å². The highest BCUT2D eigenvalue weighted by molar-refractivity contribution is 9.10. The van der Waals surface area contributed by atoms with E-state index in [0.717, 1.165) is 9.17 Å². The van der Waals surface area contributed by atoms with Crippen LogP contribution in [-0.4, -0.2) is 33.4 Å². The number of anilines is 1. The molecule has 1 unspecified atom stereocenters. The number of rotatable bonds is 5. The maximum Gasteiger partial charge on any atom is 0.301 e. The first-order chi connectivity index (χ1) is 16.5. The Balaban J connectivity index is 1.68. The highest BCUT2D eigenvalue weighted by Crippen LogP contribution is 2.44. The van der Waals surface area contributed by atoms with Gasteiger partial charge in [0.2, 0.25) is 0 Å². The second-order valence-corrected chi connectivity index (χ2v) is 9.45. The van der Waals surface area contributed by atoms with Gasteiger partial charge >= 0.3 is 5.91 Å². The number of hydrogen-bond donors (Lipinski definition) is 1. The van der Waals surface area contributed by atoms with E-state index in [1.165, 1.54) is 16.2 Å². The van der Waals surface area contributed by atoms with E-state index in [4.69, 9.17) is 4.74 Å². The first-order valence-electron chi connectivity index (χ1n) is 10.5. The quantitative estimate of drug-likeness (QED) is 0.206. The lowest BCUT2D eigenvalue weighted by atomic mass is 9.96. The fraction of sp³-hybridized carbons (Fsp3) is 0.120. The van der Waals surface area contributed by atoms with Gasteiger partial charge in [0.05, 0.1) is 28.4 Å². The molecule has 1 fully saturated rings. The van der Waals surface area contributed by atoms with Crippen LogP contribution >= 0.6 is 27.3 Å². The molecular weight excluding hydrogens is 518 g/mol. The monoisotopic (exact) mass is 535 g/mol. The lowest BCUT2D eigenvalue weighted by Gasteiger charge is -2.22. The van der Waals surface area contributed by atoms with Crippen molar-refractivity contribution in [3.05, 3.63) is 88.2 Å². The number of hydrogen-bond acceptors (Lipinski definition) is 7. The standard InChI is InChI=1S/C25H18BrN3O4S/c1-2-33-17-9-10-18-19(12-17)34-25(28-18)29-21(15-4-3-11-27-13-15)20(23(31)24(29)32)22(30)14-5-7-16(26)8-6-14/h3-13,21,30H,2H2,1H3/b22-20+. The zero-order valence-corrected chi connectivity index (χ0v) is 20.3. The molecule has 1 atom stereocenters. The molecule has 2 aromatic carbocycles. The average molecular weight is 536 g/mol. The van der Waals surface area contributed by atoms with Crippen LogP contribution in [0.3, 0.4) is 0 Å². The van der Waals surface area contributed by atoms with Gasteiger partial charge in [0.25, 0.3) is 5.78 Å². The fourth-order valence-electron chi connectivity index (χ4n) is 3.90. The van der Waals surface area contributed by atoms with Gasteiger partial charge in [-0.1, -0.05) is 45.5 Å². The van der Waals surface area contributed by atoms with E-state index >= 15 is 0 Å². The number of carbonyl (C=O) groups is 2. The molecule has 1 aliphatic rings.